The minimum atomic E-state index is -4.64. The molecule has 12 rings (SSSR count). The smallest absolute Gasteiger partial charge is 0.466 e. The minimum absolute atomic E-state index is 0. The highest BCUT2D eigenvalue weighted by atomic mass is 79.9. The fraction of sp³-hybridized carbons (Fsp3) is 0.525. The number of alkyl halides is 13. The van der Waals surface area contributed by atoms with Crippen molar-refractivity contribution < 1.29 is 94.8 Å². The fourth-order valence-corrected chi connectivity index (χ4v) is 8.27. The maximum atomic E-state index is 14.4. The molecule has 0 bridgehead atoms. The van der Waals surface area contributed by atoms with Gasteiger partial charge in [0, 0.05) is 63.1 Å². The molecule has 1 aliphatic heterocycles. The average molecular weight is 1520 g/mol. The first kappa shape index (κ1) is 83.1. The number of nitrogens with zero attached hydrogens (tertiary/aromatic N) is 11. The van der Waals surface area contributed by atoms with Crippen LogP contribution in [0.25, 0.3) is 28.1 Å². The van der Waals surface area contributed by atoms with Crippen molar-refractivity contribution >= 4 is 73.0 Å². The van der Waals surface area contributed by atoms with Crippen LogP contribution in [0.2, 0.25) is 0 Å². The Morgan fingerprint density at radius 2 is 0.926 bits per heavy atom. The zero-order valence-electron chi connectivity index (χ0n) is 48.8. The summed E-state index contributed by atoms with van der Waals surface area (Å²) >= 11 is 11.2. The van der Waals surface area contributed by atoms with Crippen LogP contribution in [0.3, 0.4) is 0 Å². The molecular weight excluding hydrogens is 1450 g/mol. The Balaban J connectivity index is 0.000000323. The summed E-state index contributed by atoms with van der Waals surface area (Å²) in [7, 11) is -0.844. The SMILES string of the molecule is C.C.C.C.CC.CC1(C)OB(c2cnc(OCC(F)(F)F)c(F)c2)OC1(C)C.FC(F)(Cl)c1nnc2ccc(Br)cn12.FC(F)(OCC1CC1)c1nnc2ccc(Br)cn12.Fc1cc(-c2ccc3nnc(C(F)(F)OCC4CC4)n3c2)cnc1OCC(F)(F)F.OCC1CC1. The molecule has 8 aromatic heterocycles. The van der Waals surface area contributed by atoms with Gasteiger partial charge in [0.05, 0.1) is 24.4 Å². The normalized spacial score (nSPS) is 15.6. The van der Waals surface area contributed by atoms with Crippen molar-refractivity contribution in [2.75, 3.05) is 33.0 Å². The van der Waals surface area contributed by atoms with Crippen LogP contribution in [0.15, 0.2) is 88.5 Å². The van der Waals surface area contributed by atoms with Gasteiger partial charge < -0.3 is 33.4 Å². The first-order chi connectivity index (χ1) is 42.5. The number of fused-ring (bicyclic) bond motifs is 3. The Labute approximate surface area is 561 Å². The molecule has 3 aliphatic carbocycles. The molecule has 36 heteroatoms. The molecule has 0 spiro atoms. The van der Waals surface area contributed by atoms with Crippen molar-refractivity contribution in [1.82, 2.24) is 53.8 Å². The third-order valence-electron chi connectivity index (χ3n) is 13.5. The predicted octanol–water partition coefficient (Wildman–Crippen LogP) is 16.5. The molecule has 95 heavy (non-hydrogen) atoms. The van der Waals surface area contributed by atoms with Crippen molar-refractivity contribution in [3.05, 3.63) is 118 Å². The highest BCUT2D eigenvalue weighted by Crippen LogP contribution is 2.39. The molecule has 0 unspecified atom stereocenters. The Bertz CT molecular complexity index is 3710. The lowest BCUT2D eigenvalue weighted by Crippen LogP contribution is -2.41. The third-order valence-corrected chi connectivity index (χ3v) is 14.6. The highest BCUT2D eigenvalue weighted by Gasteiger charge is 2.52. The van der Waals surface area contributed by atoms with Crippen LogP contribution >= 0.6 is 43.5 Å². The van der Waals surface area contributed by atoms with Gasteiger partial charge in [0.2, 0.25) is 17.5 Å². The summed E-state index contributed by atoms with van der Waals surface area (Å²) in [4.78, 5) is 7.11. The zero-order valence-corrected chi connectivity index (χ0v) is 52.8. The largest absolute Gasteiger partial charge is 0.496 e. The van der Waals surface area contributed by atoms with E-state index in [1.807, 2.05) is 41.5 Å². The molecule has 18 nitrogen and oxygen atoms in total. The molecule has 0 radical (unpaired) electrons. The van der Waals surface area contributed by atoms with Crippen molar-refractivity contribution in [2.45, 2.75) is 151 Å². The number of ether oxygens (including phenoxy) is 4. The van der Waals surface area contributed by atoms with Crippen molar-refractivity contribution in [3.8, 4) is 22.9 Å². The van der Waals surface area contributed by atoms with E-state index in [-0.39, 0.29) is 77.0 Å². The fourth-order valence-electron chi connectivity index (χ4n) is 7.47. The summed E-state index contributed by atoms with van der Waals surface area (Å²) in [5, 5.41) is 26.0. The van der Waals surface area contributed by atoms with Crippen LogP contribution in [0, 0.1) is 29.4 Å². The maximum absolute atomic E-state index is 14.4. The molecule has 0 aromatic carbocycles. The number of aliphatic hydroxyl groups excluding tert-OH is 1. The Kier molecular flexibility index (Phi) is 29.7. The minimum Gasteiger partial charge on any atom is -0.466 e. The van der Waals surface area contributed by atoms with Crippen LogP contribution in [0.1, 0.15) is 127 Å². The van der Waals surface area contributed by atoms with E-state index in [9.17, 15) is 61.5 Å². The number of rotatable bonds is 16. The van der Waals surface area contributed by atoms with Gasteiger partial charge in [-0.2, -0.15) is 52.7 Å². The number of hydrogen-bond acceptors (Lipinski definition) is 15. The quantitative estimate of drug-likeness (QED) is 0.0545. The standard InChI is InChI=1S/C18H14F6N4O2.C13H16BF4NO3.C11H10BrF2N3O.C7H3BrClF2N3.C4H8O.C2H6.4CH4/c19-13-5-12(6-25-15(13)29-9-17(20,21)22)11-3-4-14-26-27-16(28(14)7-11)18(23,24)30-8-10-1-2-10;1-11(2)12(3,4)22-14(21-11)8-5-9(15)10(19-6-8)20-7-13(16,17)18;12-8-3-4-9-15-16-10(17(9)5-8)11(13,14)18-6-7-1-2-7;8-4-1-2-5-12-13-6(7(9,10)11)14(5)3-4;5-3-4-1-2-4;1-2;;;;/h3-7,10H,1-2,8-9H2;5-6H,7H2,1-4H3;3-5,7H,1-2,6H2;1-3H;4-5H,1-3H2;1-2H3;4*1H4. The molecule has 0 amide bonds. The molecule has 9 heterocycles. The molecule has 8 aromatic rings. The molecule has 1 N–H and O–H groups in total. The van der Waals surface area contributed by atoms with Gasteiger partial charge in [0.25, 0.3) is 11.8 Å². The molecular formula is C59H73BBr2ClF14N11O7. The summed E-state index contributed by atoms with van der Waals surface area (Å²) in [6.45, 7) is 8.41. The molecule has 528 valence electrons. The summed E-state index contributed by atoms with van der Waals surface area (Å²) in [5.74, 6) is -4.40. The van der Waals surface area contributed by atoms with E-state index in [1.54, 1.807) is 24.3 Å². The van der Waals surface area contributed by atoms with Gasteiger partial charge in [-0.05, 0) is 176 Å². The van der Waals surface area contributed by atoms with Crippen molar-refractivity contribution in [3.63, 3.8) is 0 Å². The lowest BCUT2D eigenvalue weighted by atomic mass is 9.80. The van der Waals surface area contributed by atoms with Gasteiger partial charge >= 0.3 is 37.1 Å². The number of halogens is 17. The van der Waals surface area contributed by atoms with E-state index in [1.165, 1.54) is 54.2 Å². The van der Waals surface area contributed by atoms with E-state index in [0.29, 0.717) is 32.8 Å². The number of pyridine rings is 5. The van der Waals surface area contributed by atoms with Crippen LogP contribution in [0.5, 0.6) is 11.8 Å². The zero-order chi connectivity index (χ0) is 67.1. The van der Waals surface area contributed by atoms with Gasteiger partial charge in [-0.25, -0.2) is 18.7 Å². The van der Waals surface area contributed by atoms with Gasteiger partial charge in [-0.1, -0.05) is 43.6 Å². The first-order valence-electron chi connectivity index (χ1n) is 27.7. The summed E-state index contributed by atoms with van der Waals surface area (Å²) < 4.78 is 217. The second-order valence-corrected chi connectivity index (χ2v) is 23.8. The summed E-state index contributed by atoms with van der Waals surface area (Å²) in [6.07, 6.45) is -3.76. The topological polar surface area (TPSA) is 192 Å². The highest BCUT2D eigenvalue weighted by molar-refractivity contribution is 9.10. The van der Waals surface area contributed by atoms with E-state index in [0.717, 1.165) is 52.8 Å². The monoisotopic (exact) mass is 1520 g/mol. The number of aliphatic hydroxyl groups is 1. The van der Waals surface area contributed by atoms with E-state index in [4.69, 9.17) is 30.8 Å². The van der Waals surface area contributed by atoms with E-state index in [2.05, 4.69) is 86.6 Å². The summed E-state index contributed by atoms with van der Waals surface area (Å²) in [5.41, 5.74) is 0.244. The Hall–Kier alpha value is -6.11. The molecule has 1 saturated heterocycles. The third kappa shape index (κ3) is 23.6. The van der Waals surface area contributed by atoms with Crippen LogP contribution in [0.4, 0.5) is 61.5 Å². The van der Waals surface area contributed by atoms with Crippen LogP contribution < -0.4 is 14.9 Å². The van der Waals surface area contributed by atoms with Crippen LogP contribution in [-0.4, -0.2) is 123 Å². The van der Waals surface area contributed by atoms with Gasteiger partial charge in [-0.3, -0.25) is 13.2 Å². The molecule has 3 saturated carbocycles. The maximum Gasteiger partial charge on any atom is 0.496 e. The first-order valence-corrected chi connectivity index (χ1v) is 29.6. The second kappa shape index (κ2) is 33.9. The van der Waals surface area contributed by atoms with Gasteiger partial charge in [0.15, 0.2) is 41.8 Å². The second-order valence-electron chi connectivity index (χ2n) is 21.5. The van der Waals surface area contributed by atoms with Crippen molar-refractivity contribution in [2.24, 2.45) is 17.8 Å². The summed E-state index contributed by atoms with van der Waals surface area (Å²) in [6, 6.07) is 11.3. The van der Waals surface area contributed by atoms with E-state index >= 15 is 0 Å². The van der Waals surface area contributed by atoms with Gasteiger partial charge in [0.1, 0.15) is 0 Å². The molecule has 0 atom stereocenters. The van der Waals surface area contributed by atoms with Crippen molar-refractivity contribution in [1.29, 1.82) is 0 Å². The van der Waals surface area contributed by atoms with E-state index < -0.39 is 102 Å². The number of hydrogen-bond donors (Lipinski definition) is 1. The Morgan fingerprint density at radius 3 is 1.29 bits per heavy atom. The molecule has 4 aliphatic rings. The average Bonchev–Trinajstić information content (AvgIpc) is 1.65. The molecule has 4 fully saturated rings. The van der Waals surface area contributed by atoms with Gasteiger partial charge in [-0.15, -0.1) is 30.6 Å². The Morgan fingerprint density at radius 1 is 0.547 bits per heavy atom. The number of aromatic nitrogens is 11. The lowest BCUT2D eigenvalue weighted by Gasteiger charge is -2.32. The van der Waals surface area contributed by atoms with Crippen LogP contribution in [-0.2, 0) is 36.4 Å². The lowest BCUT2D eigenvalue weighted by molar-refractivity contribution is -0.257. The predicted molar refractivity (Wildman–Crippen MR) is 334 cm³/mol.